The van der Waals surface area contributed by atoms with Crippen LogP contribution in [0.4, 0.5) is 5.82 Å². The summed E-state index contributed by atoms with van der Waals surface area (Å²) in [4.78, 5) is 16.7. The number of carbonyl (C=O) groups is 1. The highest BCUT2D eigenvalue weighted by molar-refractivity contribution is 5.95. The molecule has 1 aromatic rings. The van der Waals surface area contributed by atoms with Crippen LogP contribution in [0.3, 0.4) is 0 Å². The molecule has 1 aliphatic carbocycles. The number of amides is 1. The standard InChI is InChI=1S/C16H25N3O/c1-3-14-10-13(11-15(19-14)17-4-2)16(20)18-9-8-12-6-5-7-12/h10-12H,3-9H2,1-2H3,(H,17,19)(H,18,20). The topological polar surface area (TPSA) is 54.0 Å². The van der Waals surface area contributed by atoms with Gasteiger partial charge in [-0.15, -0.1) is 0 Å². The van der Waals surface area contributed by atoms with Crippen molar-refractivity contribution in [1.82, 2.24) is 10.3 Å². The Hall–Kier alpha value is -1.58. The van der Waals surface area contributed by atoms with Crippen LogP contribution in [0.5, 0.6) is 0 Å². The van der Waals surface area contributed by atoms with Crippen LogP contribution >= 0.6 is 0 Å². The Kier molecular flexibility index (Phi) is 5.39. The first-order valence-electron chi connectivity index (χ1n) is 7.76. The number of aryl methyl sites for hydroxylation is 1. The van der Waals surface area contributed by atoms with Gasteiger partial charge in [0.15, 0.2) is 0 Å². The van der Waals surface area contributed by atoms with Crippen LogP contribution in [-0.4, -0.2) is 24.0 Å². The maximum absolute atomic E-state index is 12.2. The number of hydrogen-bond donors (Lipinski definition) is 2. The maximum atomic E-state index is 12.2. The molecular formula is C16H25N3O. The van der Waals surface area contributed by atoms with Gasteiger partial charge < -0.3 is 10.6 Å². The number of pyridine rings is 1. The monoisotopic (exact) mass is 275 g/mol. The van der Waals surface area contributed by atoms with Crippen molar-refractivity contribution in [2.45, 2.75) is 46.0 Å². The number of nitrogens with zero attached hydrogens (tertiary/aromatic N) is 1. The van der Waals surface area contributed by atoms with E-state index in [9.17, 15) is 4.79 Å². The van der Waals surface area contributed by atoms with E-state index in [1.807, 2.05) is 19.1 Å². The number of rotatable bonds is 7. The summed E-state index contributed by atoms with van der Waals surface area (Å²) in [5.74, 6) is 1.63. The molecule has 0 spiro atoms. The third-order valence-corrected chi connectivity index (χ3v) is 3.92. The fourth-order valence-corrected chi connectivity index (χ4v) is 2.44. The van der Waals surface area contributed by atoms with Crippen LogP contribution in [0.25, 0.3) is 0 Å². The molecule has 1 aromatic heterocycles. The third kappa shape index (κ3) is 3.95. The fraction of sp³-hybridized carbons (Fsp3) is 0.625. The second-order valence-corrected chi connectivity index (χ2v) is 5.46. The van der Waals surface area contributed by atoms with Crippen molar-refractivity contribution in [3.8, 4) is 0 Å². The van der Waals surface area contributed by atoms with Crippen molar-refractivity contribution in [2.24, 2.45) is 5.92 Å². The maximum Gasteiger partial charge on any atom is 0.251 e. The summed E-state index contributed by atoms with van der Waals surface area (Å²) in [7, 11) is 0. The predicted octanol–water partition coefficient (Wildman–Crippen LogP) is 3.00. The summed E-state index contributed by atoms with van der Waals surface area (Å²) >= 11 is 0. The number of aromatic nitrogens is 1. The van der Waals surface area contributed by atoms with Crippen LogP contribution in [0, 0.1) is 5.92 Å². The number of carbonyl (C=O) groups excluding carboxylic acids is 1. The smallest absolute Gasteiger partial charge is 0.251 e. The lowest BCUT2D eigenvalue weighted by Crippen LogP contribution is -2.27. The van der Waals surface area contributed by atoms with Crippen molar-refractivity contribution in [3.05, 3.63) is 23.4 Å². The lowest BCUT2D eigenvalue weighted by molar-refractivity contribution is 0.0949. The molecule has 0 saturated heterocycles. The zero-order valence-electron chi connectivity index (χ0n) is 12.5. The zero-order valence-corrected chi connectivity index (χ0v) is 12.5. The highest BCUT2D eigenvalue weighted by Crippen LogP contribution is 2.28. The van der Waals surface area contributed by atoms with Crippen LogP contribution in [0.15, 0.2) is 12.1 Å². The highest BCUT2D eigenvalue weighted by atomic mass is 16.1. The molecule has 20 heavy (non-hydrogen) atoms. The highest BCUT2D eigenvalue weighted by Gasteiger charge is 2.17. The van der Waals surface area contributed by atoms with Gasteiger partial charge in [-0.05, 0) is 37.8 Å². The van der Waals surface area contributed by atoms with Gasteiger partial charge in [-0.2, -0.15) is 0 Å². The molecule has 0 unspecified atom stereocenters. The predicted molar refractivity (Wildman–Crippen MR) is 82.1 cm³/mol. The van der Waals surface area contributed by atoms with E-state index in [-0.39, 0.29) is 5.91 Å². The number of hydrogen-bond acceptors (Lipinski definition) is 3. The zero-order chi connectivity index (χ0) is 14.4. The van der Waals surface area contributed by atoms with Gasteiger partial charge in [0.2, 0.25) is 0 Å². The molecule has 4 nitrogen and oxygen atoms in total. The molecule has 0 aliphatic heterocycles. The molecule has 4 heteroatoms. The van der Waals surface area contributed by atoms with Crippen LogP contribution < -0.4 is 10.6 Å². The van der Waals surface area contributed by atoms with Crippen molar-refractivity contribution in [2.75, 3.05) is 18.4 Å². The molecule has 1 amide bonds. The fourth-order valence-electron chi connectivity index (χ4n) is 2.44. The van der Waals surface area contributed by atoms with E-state index in [2.05, 4.69) is 22.5 Å². The average Bonchev–Trinajstić information content (AvgIpc) is 2.41. The summed E-state index contributed by atoms with van der Waals surface area (Å²) in [5, 5.41) is 6.20. The Bertz CT molecular complexity index is 455. The minimum atomic E-state index is 0.0144. The molecule has 1 heterocycles. The third-order valence-electron chi connectivity index (χ3n) is 3.92. The van der Waals surface area contributed by atoms with E-state index < -0.39 is 0 Å². The molecule has 110 valence electrons. The molecule has 0 radical (unpaired) electrons. The second-order valence-electron chi connectivity index (χ2n) is 5.46. The van der Waals surface area contributed by atoms with E-state index in [1.165, 1.54) is 19.3 Å². The Morgan fingerprint density at radius 3 is 2.75 bits per heavy atom. The lowest BCUT2D eigenvalue weighted by Gasteiger charge is -2.25. The summed E-state index contributed by atoms with van der Waals surface area (Å²) in [6, 6.07) is 3.72. The quantitative estimate of drug-likeness (QED) is 0.804. The minimum absolute atomic E-state index is 0.0144. The molecular weight excluding hydrogens is 250 g/mol. The Balaban J connectivity index is 1.94. The van der Waals surface area contributed by atoms with E-state index >= 15 is 0 Å². The van der Waals surface area contributed by atoms with E-state index in [4.69, 9.17) is 0 Å². The first kappa shape index (κ1) is 14.8. The molecule has 1 saturated carbocycles. The molecule has 2 N–H and O–H groups in total. The van der Waals surface area contributed by atoms with Crippen LogP contribution in [0.1, 0.15) is 55.6 Å². The molecule has 0 bridgehead atoms. The summed E-state index contributed by atoms with van der Waals surface area (Å²) in [6.45, 7) is 5.67. The normalized spacial score (nSPS) is 14.7. The largest absolute Gasteiger partial charge is 0.370 e. The first-order valence-corrected chi connectivity index (χ1v) is 7.76. The molecule has 2 rings (SSSR count). The molecule has 1 fully saturated rings. The second kappa shape index (κ2) is 7.27. The Morgan fingerprint density at radius 1 is 1.35 bits per heavy atom. The van der Waals surface area contributed by atoms with Gasteiger partial charge in [-0.25, -0.2) is 4.98 Å². The summed E-state index contributed by atoms with van der Waals surface area (Å²) < 4.78 is 0. The Morgan fingerprint density at radius 2 is 2.15 bits per heavy atom. The summed E-state index contributed by atoms with van der Waals surface area (Å²) in [6.07, 6.45) is 5.96. The van der Waals surface area contributed by atoms with E-state index in [0.29, 0.717) is 5.56 Å². The Labute approximate surface area is 121 Å². The van der Waals surface area contributed by atoms with Crippen molar-refractivity contribution in [3.63, 3.8) is 0 Å². The van der Waals surface area contributed by atoms with Crippen LogP contribution in [-0.2, 0) is 6.42 Å². The van der Waals surface area contributed by atoms with E-state index in [0.717, 1.165) is 43.4 Å². The summed E-state index contributed by atoms with van der Waals surface area (Å²) in [5.41, 5.74) is 1.66. The van der Waals surface area contributed by atoms with E-state index in [1.54, 1.807) is 0 Å². The van der Waals surface area contributed by atoms with Gasteiger partial charge in [0.1, 0.15) is 5.82 Å². The van der Waals surface area contributed by atoms with Gasteiger partial charge in [-0.1, -0.05) is 26.2 Å². The van der Waals surface area contributed by atoms with Gasteiger partial charge in [0.05, 0.1) is 0 Å². The van der Waals surface area contributed by atoms with Crippen molar-refractivity contribution >= 4 is 11.7 Å². The van der Waals surface area contributed by atoms with Crippen molar-refractivity contribution in [1.29, 1.82) is 0 Å². The SMILES string of the molecule is CCNc1cc(C(=O)NCCC2CCC2)cc(CC)n1. The number of anilines is 1. The molecule has 1 aliphatic rings. The van der Waals surface area contributed by atoms with Gasteiger partial charge in [0, 0.05) is 24.3 Å². The number of nitrogens with one attached hydrogen (secondary N) is 2. The van der Waals surface area contributed by atoms with Gasteiger partial charge in [-0.3, -0.25) is 4.79 Å². The molecule has 0 aromatic carbocycles. The van der Waals surface area contributed by atoms with Gasteiger partial charge in [0.25, 0.3) is 5.91 Å². The van der Waals surface area contributed by atoms with Crippen molar-refractivity contribution < 1.29 is 4.79 Å². The average molecular weight is 275 g/mol. The van der Waals surface area contributed by atoms with Crippen LogP contribution in [0.2, 0.25) is 0 Å². The molecule has 0 atom stereocenters. The van der Waals surface area contributed by atoms with Gasteiger partial charge >= 0.3 is 0 Å². The minimum Gasteiger partial charge on any atom is -0.370 e. The lowest BCUT2D eigenvalue weighted by atomic mass is 9.83. The first-order chi connectivity index (χ1) is 9.72.